The standard InChI is InChI=1S/C13H21N3O2/c1-3-8-16(10-13(14)15-17)9-11-4-6-12(18-2)7-5-11/h4-7,17H,3,8-10H2,1-2H3,(H2,14,15). The van der Waals surface area contributed by atoms with Crippen LogP contribution in [0.2, 0.25) is 0 Å². The highest BCUT2D eigenvalue weighted by atomic mass is 16.5. The van der Waals surface area contributed by atoms with Gasteiger partial charge in [-0.15, -0.1) is 0 Å². The zero-order valence-corrected chi connectivity index (χ0v) is 11.0. The molecule has 0 heterocycles. The molecule has 3 N–H and O–H groups in total. The predicted molar refractivity (Wildman–Crippen MR) is 72.0 cm³/mol. The van der Waals surface area contributed by atoms with Gasteiger partial charge < -0.3 is 15.7 Å². The maximum atomic E-state index is 8.61. The molecule has 1 aromatic rings. The number of benzene rings is 1. The van der Waals surface area contributed by atoms with Crippen LogP contribution in [-0.4, -0.2) is 36.1 Å². The Balaban J connectivity index is 2.63. The molecule has 0 radical (unpaired) electrons. The van der Waals surface area contributed by atoms with Crippen LogP contribution >= 0.6 is 0 Å². The lowest BCUT2D eigenvalue weighted by molar-refractivity contribution is 0.286. The molecule has 0 spiro atoms. The van der Waals surface area contributed by atoms with Crippen molar-refractivity contribution >= 4 is 5.84 Å². The maximum Gasteiger partial charge on any atom is 0.153 e. The summed E-state index contributed by atoms with van der Waals surface area (Å²) < 4.78 is 5.12. The first-order valence-corrected chi connectivity index (χ1v) is 6.01. The quantitative estimate of drug-likeness (QED) is 0.334. The highest BCUT2D eigenvalue weighted by Crippen LogP contribution is 2.13. The Kier molecular flexibility index (Phi) is 6.00. The van der Waals surface area contributed by atoms with Gasteiger partial charge in [0, 0.05) is 6.54 Å². The van der Waals surface area contributed by atoms with E-state index in [0.29, 0.717) is 6.54 Å². The fourth-order valence-corrected chi connectivity index (χ4v) is 1.78. The van der Waals surface area contributed by atoms with E-state index in [4.69, 9.17) is 15.7 Å². The van der Waals surface area contributed by atoms with E-state index in [1.165, 1.54) is 5.56 Å². The SMILES string of the molecule is CCCN(CC(N)=NO)Cc1ccc(OC)cc1. The first-order valence-electron chi connectivity index (χ1n) is 6.01. The van der Waals surface area contributed by atoms with Gasteiger partial charge in [-0.3, -0.25) is 4.90 Å². The molecule has 1 rings (SSSR count). The first kappa shape index (κ1) is 14.3. The van der Waals surface area contributed by atoms with E-state index in [0.717, 1.165) is 25.3 Å². The van der Waals surface area contributed by atoms with Crippen molar-refractivity contribution in [1.29, 1.82) is 0 Å². The van der Waals surface area contributed by atoms with Gasteiger partial charge in [-0.2, -0.15) is 0 Å². The average molecular weight is 251 g/mol. The molecule has 0 bridgehead atoms. The summed E-state index contributed by atoms with van der Waals surface area (Å²) in [7, 11) is 1.65. The van der Waals surface area contributed by atoms with Gasteiger partial charge in [0.25, 0.3) is 0 Å². The summed E-state index contributed by atoms with van der Waals surface area (Å²) in [6, 6.07) is 7.91. The van der Waals surface area contributed by atoms with Gasteiger partial charge >= 0.3 is 0 Å². The lowest BCUT2D eigenvalue weighted by Crippen LogP contribution is -2.34. The molecule has 5 heteroatoms. The fourth-order valence-electron chi connectivity index (χ4n) is 1.78. The normalized spacial score (nSPS) is 11.8. The molecule has 0 amide bonds. The van der Waals surface area contributed by atoms with Crippen molar-refractivity contribution in [2.75, 3.05) is 20.2 Å². The number of oxime groups is 1. The molecule has 1 aromatic carbocycles. The molecule has 0 aliphatic rings. The topological polar surface area (TPSA) is 71.1 Å². The van der Waals surface area contributed by atoms with Crippen molar-refractivity contribution in [2.24, 2.45) is 10.9 Å². The minimum Gasteiger partial charge on any atom is -0.497 e. The average Bonchev–Trinajstić information content (AvgIpc) is 2.39. The fraction of sp³-hybridized carbons (Fsp3) is 0.462. The number of nitrogens with two attached hydrogens (primary N) is 1. The molecular formula is C13H21N3O2. The van der Waals surface area contributed by atoms with E-state index >= 15 is 0 Å². The zero-order chi connectivity index (χ0) is 13.4. The number of ether oxygens (including phenoxy) is 1. The Hall–Kier alpha value is -1.75. The Morgan fingerprint density at radius 1 is 1.39 bits per heavy atom. The minimum atomic E-state index is 0.233. The van der Waals surface area contributed by atoms with Crippen LogP contribution in [0.15, 0.2) is 29.4 Å². The summed E-state index contributed by atoms with van der Waals surface area (Å²) in [5, 5.41) is 11.6. The van der Waals surface area contributed by atoms with Crippen LogP contribution in [0, 0.1) is 0 Å². The van der Waals surface area contributed by atoms with Crippen molar-refractivity contribution in [3.8, 4) is 5.75 Å². The summed E-state index contributed by atoms with van der Waals surface area (Å²) in [4.78, 5) is 2.14. The van der Waals surface area contributed by atoms with Gasteiger partial charge in [-0.25, -0.2) is 0 Å². The maximum absolute atomic E-state index is 8.61. The van der Waals surface area contributed by atoms with Crippen molar-refractivity contribution in [1.82, 2.24) is 4.90 Å². The van der Waals surface area contributed by atoms with E-state index in [-0.39, 0.29) is 5.84 Å². The van der Waals surface area contributed by atoms with Gasteiger partial charge in [0.1, 0.15) is 5.75 Å². The lowest BCUT2D eigenvalue weighted by Gasteiger charge is -2.20. The zero-order valence-electron chi connectivity index (χ0n) is 11.0. The molecule has 100 valence electrons. The molecule has 5 nitrogen and oxygen atoms in total. The van der Waals surface area contributed by atoms with E-state index in [9.17, 15) is 0 Å². The Morgan fingerprint density at radius 2 is 2.06 bits per heavy atom. The molecule has 0 fully saturated rings. The molecule has 0 atom stereocenters. The van der Waals surface area contributed by atoms with Crippen LogP contribution in [0.5, 0.6) is 5.75 Å². The summed E-state index contributed by atoms with van der Waals surface area (Å²) >= 11 is 0. The lowest BCUT2D eigenvalue weighted by atomic mass is 10.2. The van der Waals surface area contributed by atoms with E-state index in [1.807, 2.05) is 24.3 Å². The molecule has 18 heavy (non-hydrogen) atoms. The third kappa shape index (κ3) is 4.63. The third-order valence-corrected chi connectivity index (χ3v) is 2.62. The van der Waals surface area contributed by atoms with Gasteiger partial charge in [-0.05, 0) is 30.7 Å². The van der Waals surface area contributed by atoms with Crippen LogP contribution in [0.25, 0.3) is 0 Å². The summed E-state index contributed by atoms with van der Waals surface area (Å²) in [6.45, 7) is 4.25. The number of methoxy groups -OCH3 is 1. The highest BCUT2D eigenvalue weighted by molar-refractivity contribution is 5.81. The van der Waals surface area contributed by atoms with Crippen LogP contribution in [-0.2, 0) is 6.54 Å². The monoisotopic (exact) mass is 251 g/mol. The number of amidine groups is 1. The summed E-state index contributed by atoms with van der Waals surface area (Å²) in [5.74, 6) is 1.08. The smallest absolute Gasteiger partial charge is 0.153 e. The number of hydrogen-bond acceptors (Lipinski definition) is 4. The predicted octanol–water partition coefficient (Wildman–Crippen LogP) is 1.65. The number of hydrogen-bond donors (Lipinski definition) is 2. The summed E-state index contributed by atoms with van der Waals surface area (Å²) in [6.07, 6.45) is 1.02. The van der Waals surface area contributed by atoms with Crippen molar-refractivity contribution in [3.63, 3.8) is 0 Å². The first-order chi connectivity index (χ1) is 8.69. The van der Waals surface area contributed by atoms with Crippen molar-refractivity contribution < 1.29 is 9.94 Å². The largest absolute Gasteiger partial charge is 0.497 e. The molecular weight excluding hydrogens is 230 g/mol. The minimum absolute atomic E-state index is 0.233. The van der Waals surface area contributed by atoms with E-state index in [1.54, 1.807) is 7.11 Å². The van der Waals surface area contributed by atoms with Crippen LogP contribution in [0.1, 0.15) is 18.9 Å². The van der Waals surface area contributed by atoms with E-state index in [2.05, 4.69) is 17.0 Å². The Bertz CT molecular complexity index is 376. The Labute approximate surface area is 108 Å². The van der Waals surface area contributed by atoms with Crippen molar-refractivity contribution in [3.05, 3.63) is 29.8 Å². The molecule has 0 aliphatic carbocycles. The molecule has 0 aliphatic heterocycles. The van der Waals surface area contributed by atoms with Crippen LogP contribution < -0.4 is 10.5 Å². The molecule has 0 unspecified atom stereocenters. The van der Waals surface area contributed by atoms with Gasteiger partial charge in [0.05, 0.1) is 13.7 Å². The second-order valence-corrected chi connectivity index (χ2v) is 4.15. The summed E-state index contributed by atoms with van der Waals surface area (Å²) in [5.41, 5.74) is 6.72. The van der Waals surface area contributed by atoms with Crippen LogP contribution in [0.4, 0.5) is 0 Å². The molecule has 0 aromatic heterocycles. The van der Waals surface area contributed by atoms with Gasteiger partial charge in [-0.1, -0.05) is 24.2 Å². The second kappa shape index (κ2) is 7.55. The van der Waals surface area contributed by atoms with E-state index < -0.39 is 0 Å². The van der Waals surface area contributed by atoms with Crippen molar-refractivity contribution in [2.45, 2.75) is 19.9 Å². The highest BCUT2D eigenvalue weighted by Gasteiger charge is 2.07. The van der Waals surface area contributed by atoms with Gasteiger partial charge in [0.2, 0.25) is 0 Å². The number of nitrogens with zero attached hydrogens (tertiary/aromatic N) is 2. The van der Waals surface area contributed by atoms with Gasteiger partial charge in [0.15, 0.2) is 5.84 Å². The van der Waals surface area contributed by atoms with Crippen LogP contribution in [0.3, 0.4) is 0 Å². The third-order valence-electron chi connectivity index (χ3n) is 2.62. The molecule has 0 saturated carbocycles. The Morgan fingerprint density at radius 3 is 2.56 bits per heavy atom. The second-order valence-electron chi connectivity index (χ2n) is 4.15. The number of rotatable bonds is 7. The molecule has 0 saturated heterocycles.